The number of allylic oxidation sites excluding steroid dienone is 1. The molecule has 2 N–H and O–H groups in total. The Hall–Kier alpha value is -7.80. The average molecular weight is 1120 g/mol. The zero-order valence-corrected chi connectivity index (χ0v) is 47.5. The van der Waals surface area contributed by atoms with Gasteiger partial charge < -0.3 is 19.5 Å². The van der Waals surface area contributed by atoms with Crippen molar-refractivity contribution in [3.05, 3.63) is 214 Å². The maximum Gasteiger partial charge on any atom is 0.268 e. The number of nitriles is 1. The summed E-state index contributed by atoms with van der Waals surface area (Å²) >= 11 is 6.32. The Balaban J connectivity index is 0.917. The molecule has 3 aliphatic rings. The predicted molar refractivity (Wildman–Crippen MR) is 317 cm³/mol. The highest BCUT2D eigenvalue weighted by atomic mass is 35.5. The van der Waals surface area contributed by atoms with Crippen LogP contribution in [0.3, 0.4) is 0 Å². The number of nitrogens with zero attached hydrogens (tertiary/aromatic N) is 6. The van der Waals surface area contributed by atoms with Crippen LogP contribution in [0.4, 0.5) is 5.69 Å². The molecule has 13 nitrogen and oxygen atoms in total. The fourth-order valence-corrected chi connectivity index (χ4v) is 13.0. The van der Waals surface area contributed by atoms with E-state index in [2.05, 4.69) is 81.9 Å². The molecule has 6 aromatic carbocycles. The van der Waals surface area contributed by atoms with Gasteiger partial charge in [0.25, 0.3) is 15.9 Å². The van der Waals surface area contributed by atoms with Gasteiger partial charge in [-0.25, -0.2) is 22.8 Å². The third kappa shape index (κ3) is 11.7. The number of carbonyl (C=O) groups is 1. The van der Waals surface area contributed by atoms with Gasteiger partial charge >= 0.3 is 0 Å². The number of amides is 1. The molecular formula is C66H66ClN7O6S. The number of anilines is 1. The molecule has 11 rings (SSSR count). The minimum atomic E-state index is -4.59. The first-order chi connectivity index (χ1) is 39.1. The second-order valence-corrected chi connectivity index (χ2v) is 25.0. The highest BCUT2D eigenvalue weighted by Crippen LogP contribution is 2.46. The van der Waals surface area contributed by atoms with Crippen LogP contribution in [0.1, 0.15) is 104 Å². The van der Waals surface area contributed by atoms with Gasteiger partial charge in [-0.1, -0.05) is 140 Å². The minimum Gasteiger partial charge on any atom is -0.476 e. The van der Waals surface area contributed by atoms with Crippen LogP contribution >= 0.6 is 11.6 Å². The van der Waals surface area contributed by atoms with Gasteiger partial charge in [-0.2, -0.15) is 10.4 Å². The van der Waals surface area contributed by atoms with Crippen molar-refractivity contribution in [2.45, 2.75) is 81.8 Å². The number of hydrogen-bond acceptors (Lipinski definition) is 11. The molecule has 81 heavy (non-hydrogen) atoms. The molecule has 15 heteroatoms. The highest BCUT2D eigenvalue weighted by molar-refractivity contribution is 7.90. The standard InChI is InChI=1S/C66H66ClN7O6S/c1-64(2)31-30-48(57(40-64)47-22-24-53(67)25-23-47)44-72-34-36-73(37-35-72)54-26-27-56(62(75)71-81(77,78)55-38-49(41-68)63(69-42-55)79-45-46-28-32-65(3,76)33-29-46)61(39-54)80-60-21-13-20-59-58(60)43-70-74(59)66(50-14-7-4-8-15-50,51-16-9-5-10-17-51)52-18-11-6-12-19-52/h4-27,38-39,42-43,46,76H,28-37,40,44-45H2,1-3H3,(H,71,75)/t46-,65+. The van der Waals surface area contributed by atoms with Gasteiger partial charge in [0.2, 0.25) is 5.88 Å². The molecule has 2 aromatic heterocycles. The van der Waals surface area contributed by atoms with Crippen molar-refractivity contribution in [2.24, 2.45) is 11.3 Å². The number of piperazine rings is 1. The molecule has 0 radical (unpaired) electrons. The van der Waals surface area contributed by atoms with Crippen molar-refractivity contribution in [3.63, 3.8) is 0 Å². The normalized spacial score (nSPS) is 18.8. The van der Waals surface area contributed by atoms with Gasteiger partial charge in [0.1, 0.15) is 33.6 Å². The Morgan fingerprint density at radius 1 is 0.790 bits per heavy atom. The Kier molecular flexibility index (Phi) is 15.6. The number of ether oxygens (including phenoxy) is 2. The molecule has 1 aliphatic heterocycles. The highest BCUT2D eigenvalue weighted by Gasteiger charge is 2.41. The van der Waals surface area contributed by atoms with Gasteiger partial charge in [-0.15, -0.1) is 0 Å². The van der Waals surface area contributed by atoms with Crippen molar-refractivity contribution < 1.29 is 27.8 Å². The molecular weight excluding hydrogens is 1050 g/mol. The number of fused-ring (bicyclic) bond motifs is 1. The maximum absolute atomic E-state index is 14.6. The summed E-state index contributed by atoms with van der Waals surface area (Å²) < 4.78 is 45.5. The lowest BCUT2D eigenvalue weighted by molar-refractivity contribution is 0.00125. The molecule has 2 fully saturated rings. The fourth-order valence-electron chi connectivity index (χ4n) is 12.0. The van der Waals surface area contributed by atoms with Crippen LogP contribution in [0.25, 0.3) is 16.5 Å². The van der Waals surface area contributed by atoms with Crippen LogP contribution in [0.15, 0.2) is 181 Å². The number of halogens is 1. The fraction of sp³-hybridized carbons (Fsp3) is 0.303. The Bertz CT molecular complexity index is 3660. The minimum absolute atomic E-state index is 0.00364. The number of carbonyl (C=O) groups excluding carboxylic acids is 1. The molecule has 2 aliphatic carbocycles. The Morgan fingerprint density at radius 2 is 1.43 bits per heavy atom. The lowest BCUT2D eigenvalue weighted by atomic mass is 9.72. The van der Waals surface area contributed by atoms with Gasteiger partial charge in [-0.05, 0) is 133 Å². The van der Waals surface area contributed by atoms with E-state index in [0.29, 0.717) is 37.1 Å². The maximum atomic E-state index is 14.6. The number of hydrogen-bond donors (Lipinski definition) is 2. The van der Waals surface area contributed by atoms with Crippen molar-refractivity contribution in [1.82, 2.24) is 24.4 Å². The first-order valence-corrected chi connectivity index (χ1v) is 29.7. The SMILES string of the molecule is CC1(C)CCC(CN2CCN(c3ccc(C(=O)NS(=O)(=O)c4cnc(OC[C@H]5CC[C@@](C)(O)CC5)c(C#N)c4)c(Oc4cccc5c4cnn5C(c4ccccc4)(c4ccccc4)c4ccccc4)c3)CC2)=C(c2ccc(Cl)cc2)C1. The van der Waals surface area contributed by atoms with E-state index in [4.69, 9.17) is 26.2 Å². The largest absolute Gasteiger partial charge is 0.476 e. The number of aromatic nitrogens is 3. The third-order valence-corrected chi connectivity index (χ3v) is 18.1. The van der Waals surface area contributed by atoms with Crippen LogP contribution in [0.5, 0.6) is 17.4 Å². The van der Waals surface area contributed by atoms with Crippen LogP contribution in [0.2, 0.25) is 5.02 Å². The van der Waals surface area contributed by atoms with Crippen molar-refractivity contribution in [2.75, 3.05) is 44.2 Å². The second-order valence-electron chi connectivity index (χ2n) is 22.9. The summed E-state index contributed by atoms with van der Waals surface area (Å²) in [5, 5.41) is 27.1. The van der Waals surface area contributed by atoms with E-state index in [1.54, 1.807) is 12.3 Å². The van der Waals surface area contributed by atoms with Crippen LogP contribution < -0.4 is 19.1 Å². The molecule has 0 spiro atoms. The molecule has 8 aromatic rings. The number of aliphatic hydroxyl groups is 1. The first-order valence-electron chi connectivity index (χ1n) is 27.8. The molecule has 0 bridgehead atoms. The Labute approximate surface area is 479 Å². The molecule has 0 atom stereocenters. The lowest BCUT2D eigenvalue weighted by Crippen LogP contribution is -2.47. The smallest absolute Gasteiger partial charge is 0.268 e. The Morgan fingerprint density at radius 3 is 2.06 bits per heavy atom. The molecule has 3 heterocycles. The van der Waals surface area contributed by atoms with E-state index in [1.807, 2.05) is 115 Å². The van der Waals surface area contributed by atoms with Crippen molar-refractivity contribution in [1.29, 1.82) is 5.26 Å². The summed E-state index contributed by atoms with van der Waals surface area (Å²) in [6.07, 6.45) is 8.78. The van der Waals surface area contributed by atoms with E-state index in [1.165, 1.54) is 16.7 Å². The summed E-state index contributed by atoms with van der Waals surface area (Å²) in [4.78, 5) is 23.3. The molecule has 1 saturated carbocycles. The van der Waals surface area contributed by atoms with Crippen LogP contribution in [-0.2, 0) is 15.6 Å². The van der Waals surface area contributed by atoms with E-state index in [9.17, 15) is 23.6 Å². The third-order valence-electron chi connectivity index (χ3n) is 16.5. The molecule has 1 saturated heterocycles. The zero-order chi connectivity index (χ0) is 56.4. The summed E-state index contributed by atoms with van der Waals surface area (Å²) in [5.41, 5.74) is 7.06. The topological polar surface area (TPSA) is 163 Å². The van der Waals surface area contributed by atoms with Gasteiger partial charge in [-0.3, -0.25) is 9.69 Å². The van der Waals surface area contributed by atoms with E-state index < -0.39 is 27.1 Å². The molecule has 1 amide bonds. The first kappa shape index (κ1) is 55.1. The van der Waals surface area contributed by atoms with E-state index in [0.717, 1.165) is 96.9 Å². The second kappa shape index (κ2) is 23.0. The van der Waals surface area contributed by atoms with Crippen molar-refractivity contribution in [3.8, 4) is 23.4 Å². The summed E-state index contributed by atoms with van der Waals surface area (Å²) in [6.45, 7) is 10.7. The van der Waals surface area contributed by atoms with Crippen LogP contribution in [0, 0.1) is 22.7 Å². The van der Waals surface area contributed by atoms with E-state index >= 15 is 0 Å². The number of benzene rings is 6. The van der Waals surface area contributed by atoms with Crippen molar-refractivity contribution >= 4 is 49.7 Å². The number of pyridine rings is 1. The number of rotatable bonds is 16. The van der Waals surface area contributed by atoms with E-state index in [-0.39, 0.29) is 45.6 Å². The summed E-state index contributed by atoms with van der Waals surface area (Å²) in [5.74, 6) is -0.257. The predicted octanol–water partition coefficient (Wildman–Crippen LogP) is 12.8. The number of nitrogens with one attached hydrogen (secondary N) is 1. The molecule has 414 valence electrons. The van der Waals surface area contributed by atoms with Gasteiger partial charge in [0.05, 0.1) is 41.1 Å². The quantitative estimate of drug-likeness (QED) is 0.0885. The lowest BCUT2D eigenvalue weighted by Gasteiger charge is -2.39. The van der Waals surface area contributed by atoms with Gasteiger partial charge in [0, 0.05) is 49.5 Å². The molecule has 0 unspecified atom stereocenters. The zero-order valence-electron chi connectivity index (χ0n) is 45.9. The van der Waals surface area contributed by atoms with Gasteiger partial charge in [0.15, 0.2) is 0 Å². The summed E-state index contributed by atoms with van der Waals surface area (Å²) in [6, 6.07) is 53.1. The van der Waals surface area contributed by atoms with Crippen LogP contribution in [-0.4, -0.2) is 84.0 Å². The average Bonchev–Trinajstić information content (AvgIpc) is 3.85. The number of sulfonamides is 1. The monoisotopic (exact) mass is 1120 g/mol. The summed E-state index contributed by atoms with van der Waals surface area (Å²) in [7, 11) is -4.59.